The minimum atomic E-state index is -1.58. The molecule has 2 rings (SSSR count). The summed E-state index contributed by atoms with van der Waals surface area (Å²) in [6.45, 7) is 0.203. The Morgan fingerprint density at radius 1 is 1.21 bits per heavy atom. The minimum absolute atomic E-state index is 0.203. The number of carbonyl (C=O) groups is 2. The Labute approximate surface area is 137 Å². The van der Waals surface area contributed by atoms with Gasteiger partial charge >= 0.3 is 5.97 Å². The highest BCUT2D eigenvalue weighted by Crippen LogP contribution is 2.17. The SMILES string of the molecule is COC(C(=O)O)C(=O)Nc1ccc(OCc2cccc(F)c2)cc1. The number of hydrogen-bond donors (Lipinski definition) is 2. The summed E-state index contributed by atoms with van der Waals surface area (Å²) in [5, 5.41) is 11.3. The second-order valence-electron chi connectivity index (χ2n) is 4.89. The molecule has 0 spiro atoms. The second kappa shape index (κ2) is 8.07. The van der Waals surface area contributed by atoms with Crippen molar-refractivity contribution in [1.82, 2.24) is 0 Å². The normalized spacial score (nSPS) is 11.6. The van der Waals surface area contributed by atoms with E-state index in [0.29, 0.717) is 17.0 Å². The summed E-state index contributed by atoms with van der Waals surface area (Å²) in [4.78, 5) is 22.6. The van der Waals surface area contributed by atoms with Gasteiger partial charge in [-0.25, -0.2) is 9.18 Å². The molecule has 2 aromatic rings. The van der Waals surface area contributed by atoms with Crippen LogP contribution in [0, 0.1) is 5.82 Å². The van der Waals surface area contributed by atoms with Crippen molar-refractivity contribution < 1.29 is 28.6 Å². The maximum absolute atomic E-state index is 13.1. The molecule has 0 heterocycles. The van der Waals surface area contributed by atoms with Gasteiger partial charge < -0.3 is 19.9 Å². The summed E-state index contributed by atoms with van der Waals surface area (Å²) in [6.07, 6.45) is -1.58. The number of halogens is 1. The predicted octanol–water partition coefficient (Wildman–Crippen LogP) is 2.44. The lowest BCUT2D eigenvalue weighted by Crippen LogP contribution is -2.36. The lowest BCUT2D eigenvalue weighted by Gasteiger charge is -2.12. The Bertz CT molecular complexity index is 717. The van der Waals surface area contributed by atoms with Crippen LogP contribution in [0.1, 0.15) is 5.56 Å². The van der Waals surface area contributed by atoms with Gasteiger partial charge in [0.15, 0.2) is 0 Å². The molecule has 1 unspecified atom stereocenters. The molecule has 6 nitrogen and oxygen atoms in total. The second-order valence-corrected chi connectivity index (χ2v) is 4.89. The van der Waals surface area contributed by atoms with Crippen molar-refractivity contribution in [3.63, 3.8) is 0 Å². The van der Waals surface area contributed by atoms with Crippen LogP contribution in [0.25, 0.3) is 0 Å². The van der Waals surface area contributed by atoms with Crippen LogP contribution in [0.5, 0.6) is 5.75 Å². The molecule has 1 amide bonds. The highest BCUT2D eigenvalue weighted by Gasteiger charge is 2.25. The quantitative estimate of drug-likeness (QED) is 0.760. The fourth-order valence-corrected chi connectivity index (χ4v) is 1.96. The van der Waals surface area contributed by atoms with E-state index in [1.807, 2.05) is 0 Å². The van der Waals surface area contributed by atoms with Crippen LogP contribution in [0.4, 0.5) is 10.1 Å². The van der Waals surface area contributed by atoms with Crippen LogP contribution < -0.4 is 10.1 Å². The molecule has 0 saturated heterocycles. The minimum Gasteiger partial charge on any atom is -0.489 e. The highest BCUT2D eigenvalue weighted by molar-refractivity contribution is 6.06. The van der Waals surface area contributed by atoms with Crippen LogP contribution >= 0.6 is 0 Å². The number of methoxy groups -OCH3 is 1. The average Bonchev–Trinajstić information content (AvgIpc) is 2.54. The number of carboxylic acids is 1. The van der Waals surface area contributed by atoms with E-state index in [2.05, 4.69) is 10.1 Å². The summed E-state index contributed by atoms with van der Waals surface area (Å²) in [7, 11) is 1.14. The van der Waals surface area contributed by atoms with Crippen molar-refractivity contribution in [2.24, 2.45) is 0 Å². The van der Waals surface area contributed by atoms with Crippen LogP contribution in [-0.2, 0) is 20.9 Å². The van der Waals surface area contributed by atoms with E-state index in [1.54, 1.807) is 36.4 Å². The van der Waals surface area contributed by atoms with E-state index in [4.69, 9.17) is 9.84 Å². The molecule has 2 aromatic carbocycles. The van der Waals surface area contributed by atoms with Crippen LogP contribution in [0.15, 0.2) is 48.5 Å². The van der Waals surface area contributed by atoms with Crippen molar-refractivity contribution in [1.29, 1.82) is 0 Å². The molecular formula is C17H16FNO5. The van der Waals surface area contributed by atoms with Gasteiger partial charge in [0, 0.05) is 12.8 Å². The Morgan fingerprint density at radius 3 is 2.50 bits per heavy atom. The maximum Gasteiger partial charge on any atom is 0.342 e. The first-order chi connectivity index (χ1) is 11.5. The van der Waals surface area contributed by atoms with Crippen molar-refractivity contribution in [3.8, 4) is 5.75 Å². The first kappa shape index (κ1) is 17.4. The first-order valence-corrected chi connectivity index (χ1v) is 7.03. The molecule has 0 aromatic heterocycles. The van der Waals surface area contributed by atoms with E-state index in [9.17, 15) is 14.0 Å². The third-order valence-corrected chi connectivity index (χ3v) is 3.11. The van der Waals surface area contributed by atoms with Gasteiger partial charge in [-0.2, -0.15) is 0 Å². The number of aliphatic carboxylic acids is 1. The van der Waals surface area contributed by atoms with Gasteiger partial charge in [-0.3, -0.25) is 4.79 Å². The number of rotatable bonds is 7. The summed E-state index contributed by atoms with van der Waals surface area (Å²) < 4.78 is 23.2. The number of ether oxygens (including phenoxy) is 2. The number of nitrogens with one attached hydrogen (secondary N) is 1. The van der Waals surface area contributed by atoms with Crippen LogP contribution in [-0.4, -0.2) is 30.2 Å². The van der Waals surface area contributed by atoms with E-state index in [-0.39, 0.29) is 12.4 Å². The maximum atomic E-state index is 13.1. The Morgan fingerprint density at radius 2 is 1.92 bits per heavy atom. The molecule has 0 fully saturated rings. The monoisotopic (exact) mass is 333 g/mol. The van der Waals surface area contributed by atoms with Gasteiger partial charge in [0.1, 0.15) is 18.2 Å². The van der Waals surface area contributed by atoms with Crippen LogP contribution in [0.3, 0.4) is 0 Å². The average molecular weight is 333 g/mol. The number of anilines is 1. The molecule has 0 aliphatic rings. The predicted molar refractivity (Wildman–Crippen MR) is 84.2 cm³/mol. The summed E-state index contributed by atoms with van der Waals surface area (Å²) in [5.74, 6) is -1.96. The molecule has 0 bridgehead atoms. The fraction of sp³-hybridized carbons (Fsp3) is 0.176. The molecule has 0 aliphatic carbocycles. The van der Waals surface area contributed by atoms with Crippen molar-refractivity contribution in [2.45, 2.75) is 12.7 Å². The van der Waals surface area contributed by atoms with Gasteiger partial charge in [0.05, 0.1) is 0 Å². The smallest absolute Gasteiger partial charge is 0.342 e. The van der Waals surface area contributed by atoms with Gasteiger partial charge in [0.2, 0.25) is 6.10 Å². The van der Waals surface area contributed by atoms with E-state index in [0.717, 1.165) is 7.11 Å². The Hall–Kier alpha value is -2.93. The van der Waals surface area contributed by atoms with E-state index in [1.165, 1.54) is 12.1 Å². The lowest BCUT2D eigenvalue weighted by atomic mass is 10.2. The molecule has 24 heavy (non-hydrogen) atoms. The van der Waals surface area contributed by atoms with Gasteiger partial charge in [-0.1, -0.05) is 12.1 Å². The van der Waals surface area contributed by atoms with Gasteiger partial charge in [0.25, 0.3) is 5.91 Å². The third kappa shape index (κ3) is 4.79. The molecule has 0 radical (unpaired) electrons. The molecular weight excluding hydrogens is 317 g/mol. The number of amides is 1. The van der Waals surface area contributed by atoms with Crippen molar-refractivity contribution in [2.75, 3.05) is 12.4 Å². The zero-order chi connectivity index (χ0) is 17.5. The Balaban J connectivity index is 1.93. The van der Waals surface area contributed by atoms with Crippen molar-refractivity contribution >= 4 is 17.6 Å². The zero-order valence-electron chi connectivity index (χ0n) is 12.9. The first-order valence-electron chi connectivity index (χ1n) is 7.03. The topological polar surface area (TPSA) is 84.9 Å². The van der Waals surface area contributed by atoms with Gasteiger partial charge in [-0.15, -0.1) is 0 Å². The van der Waals surface area contributed by atoms with E-state index < -0.39 is 18.0 Å². The van der Waals surface area contributed by atoms with Gasteiger partial charge in [-0.05, 0) is 42.0 Å². The molecule has 0 saturated carbocycles. The number of hydrogen-bond acceptors (Lipinski definition) is 4. The van der Waals surface area contributed by atoms with Crippen LogP contribution in [0.2, 0.25) is 0 Å². The largest absolute Gasteiger partial charge is 0.489 e. The third-order valence-electron chi connectivity index (χ3n) is 3.11. The number of benzene rings is 2. The lowest BCUT2D eigenvalue weighted by molar-refractivity contribution is -0.153. The summed E-state index contributed by atoms with van der Waals surface area (Å²) >= 11 is 0. The molecule has 1 atom stereocenters. The summed E-state index contributed by atoms with van der Waals surface area (Å²) in [6, 6.07) is 12.4. The summed E-state index contributed by atoms with van der Waals surface area (Å²) in [5.41, 5.74) is 1.10. The molecule has 2 N–H and O–H groups in total. The molecule has 7 heteroatoms. The number of carboxylic acid groups (broad SMARTS) is 1. The molecule has 126 valence electrons. The number of carbonyl (C=O) groups excluding carboxylic acids is 1. The fourth-order valence-electron chi connectivity index (χ4n) is 1.96. The zero-order valence-corrected chi connectivity index (χ0v) is 12.9. The van der Waals surface area contributed by atoms with Crippen molar-refractivity contribution in [3.05, 3.63) is 59.9 Å². The van der Waals surface area contributed by atoms with E-state index >= 15 is 0 Å². The standard InChI is InChI=1S/C17H16FNO5/c1-23-15(17(21)22)16(20)19-13-5-7-14(8-6-13)24-10-11-3-2-4-12(18)9-11/h2-9,15H,10H2,1H3,(H,19,20)(H,21,22). The highest BCUT2D eigenvalue weighted by atomic mass is 19.1. The Kier molecular flexibility index (Phi) is 5.86. The molecule has 0 aliphatic heterocycles.